The molecule has 0 amide bonds. The van der Waals surface area contributed by atoms with Crippen LogP contribution >= 0.6 is 0 Å². The maximum absolute atomic E-state index is 10.9. The van der Waals surface area contributed by atoms with E-state index < -0.39 is 43.1 Å². The maximum Gasteiger partial charge on any atom is 0.189 e. The van der Waals surface area contributed by atoms with Crippen molar-refractivity contribution in [3.63, 3.8) is 0 Å². The normalized spacial score (nSPS) is 54.4. The van der Waals surface area contributed by atoms with Crippen LogP contribution in [0.3, 0.4) is 0 Å². The minimum Gasteiger partial charge on any atom is -0.396 e. The van der Waals surface area contributed by atoms with E-state index in [9.17, 15) is 30.6 Å². The van der Waals surface area contributed by atoms with Gasteiger partial charge in [-0.25, -0.2) is 0 Å². The molecule has 6 aliphatic rings. The van der Waals surface area contributed by atoms with Gasteiger partial charge < -0.3 is 44.8 Å². The standard InChI is InChI=1S/C33H54O9/c1-17(15-34)7-12-33(42-30-29(39)28(38)27(37)25(16-35)40-30)18(2)26-24(41-33)14-23-21-6-5-19-13-20(36)8-10-31(19,3)22(21)9-11-32(23,26)4/h5,17-18,20-30,34-39H,6-16H2,1-4H3/t17-,18+,20+,21-,22+,23+,24+,25-,26+,27-,28+,29-,30-,31+,32+,33-/m1/s1. The van der Waals surface area contributed by atoms with Gasteiger partial charge in [0.1, 0.15) is 24.4 Å². The second-order valence-electron chi connectivity index (χ2n) is 15.4. The molecule has 16 atom stereocenters. The number of ether oxygens (including phenoxy) is 3. The van der Waals surface area contributed by atoms with Crippen LogP contribution in [0.25, 0.3) is 0 Å². The molecule has 9 nitrogen and oxygen atoms in total. The lowest BCUT2D eigenvalue weighted by Crippen LogP contribution is -2.61. The Morgan fingerprint density at radius 3 is 2.50 bits per heavy atom. The van der Waals surface area contributed by atoms with Gasteiger partial charge >= 0.3 is 0 Å². The molecular weight excluding hydrogens is 540 g/mol. The van der Waals surface area contributed by atoms with Gasteiger partial charge in [0.2, 0.25) is 0 Å². The number of rotatable bonds is 7. The molecule has 4 aliphatic carbocycles. The van der Waals surface area contributed by atoms with E-state index in [1.165, 1.54) is 12.0 Å². The van der Waals surface area contributed by atoms with Crippen LogP contribution in [0.4, 0.5) is 0 Å². The highest BCUT2D eigenvalue weighted by Crippen LogP contribution is 2.70. The molecule has 5 fully saturated rings. The number of fused-ring (bicyclic) bond motifs is 7. The summed E-state index contributed by atoms with van der Waals surface area (Å²) in [6, 6.07) is 0. The molecule has 9 heteroatoms. The van der Waals surface area contributed by atoms with Crippen LogP contribution in [0.2, 0.25) is 0 Å². The molecule has 0 aromatic carbocycles. The predicted molar refractivity (Wildman–Crippen MR) is 154 cm³/mol. The van der Waals surface area contributed by atoms with Crippen LogP contribution in [-0.2, 0) is 14.2 Å². The minimum absolute atomic E-state index is 0.0190. The summed E-state index contributed by atoms with van der Waals surface area (Å²) >= 11 is 0. The molecule has 42 heavy (non-hydrogen) atoms. The highest BCUT2D eigenvalue weighted by Gasteiger charge is 2.69. The Balaban J connectivity index is 1.27. The lowest BCUT2D eigenvalue weighted by Gasteiger charge is -2.58. The Morgan fingerprint density at radius 2 is 1.79 bits per heavy atom. The Kier molecular flexibility index (Phi) is 8.45. The van der Waals surface area contributed by atoms with Crippen molar-refractivity contribution in [3.05, 3.63) is 11.6 Å². The molecule has 3 saturated carbocycles. The average molecular weight is 595 g/mol. The monoisotopic (exact) mass is 594 g/mol. The molecule has 0 radical (unpaired) electrons. The zero-order valence-electron chi connectivity index (χ0n) is 25.8. The van der Waals surface area contributed by atoms with Crippen LogP contribution in [0.1, 0.15) is 85.5 Å². The summed E-state index contributed by atoms with van der Waals surface area (Å²) in [5.41, 5.74) is 1.70. The average Bonchev–Trinajstić information content (AvgIpc) is 3.42. The van der Waals surface area contributed by atoms with Gasteiger partial charge in [0.15, 0.2) is 12.1 Å². The van der Waals surface area contributed by atoms with Crippen molar-refractivity contribution < 1.29 is 44.8 Å². The van der Waals surface area contributed by atoms with Crippen LogP contribution in [-0.4, -0.2) is 92.6 Å². The van der Waals surface area contributed by atoms with E-state index in [2.05, 4.69) is 26.8 Å². The lowest BCUT2D eigenvalue weighted by molar-refractivity contribution is -0.376. The molecular formula is C33H54O9. The molecule has 2 aliphatic heterocycles. The van der Waals surface area contributed by atoms with Crippen molar-refractivity contribution in [1.82, 2.24) is 0 Å². The summed E-state index contributed by atoms with van der Waals surface area (Å²) in [5, 5.41) is 61.6. The first-order valence-electron chi connectivity index (χ1n) is 16.5. The lowest BCUT2D eigenvalue weighted by atomic mass is 9.47. The largest absolute Gasteiger partial charge is 0.396 e. The Morgan fingerprint density at radius 1 is 1.02 bits per heavy atom. The summed E-state index contributed by atoms with van der Waals surface area (Å²) in [6.45, 7) is 8.59. The molecule has 6 rings (SSSR count). The number of hydrogen-bond acceptors (Lipinski definition) is 9. The van der Waals surface area contributed by atoms with Gasteiger partial charge in [-0.05, 0) is 91.8 Å². The minimum atomic E-state index is -1.52. The topological polar surface area (TPSA) is 149 Å². The summed E-state index contributed by atoms with van der Waals surface area (Å²) in [5.74, 6) is 0.876. The van der Waals surface area contributed by atoms with Crippen LogP contribution in [0, 0.1) is 46.3 Å². The summed E-state index contributed by atoms with van der Waals surface area (Å²) in [7, 11) is 0. The molecule has 0 aromatic rings. The fourth-order valence-electron chi connectivity index (χ4n) is 10.7. The van der Waals surface area contributed by atoms with E-state index in [0.717, 1.165) is 38.5 Å². The van der Waals surface area contributed by atoms with Gasteiger partial charge in [-0.3, -0.25) is 0 Å². The third-order valence-corrected chi connectivity index (χ3v) is 13.2. The van der Waals surface area contributed by atoms with Gasteiger partial charge in [0, 0.05) is 18.9 Å². The highest BCUT2D eigenvalue weighted by molar-refractivity contribution is 5.26. The van der Waals surface area contributed by atoms with Gasteiger partial charge in [-0.15, -0.1) is 0 Å². The molecule has 2 saturated heterocycles. The van der Waals surface area contributed by atoms with Gasteiger partial charge in [0.25, 0.3) is 0 Å². The maximum atomic E-state index is 10.9. The van der Waals surface area contributed by atoms with E-state index in [-0.39, 0.29) is 47.4 Å². The summed E-state index contributed by atoms with van der Waals surface area (Å²) in [6.07, 6.45) is 3.64. The fourth-order valence-corrected chi connectivity index (χ4v) is 10.7. The number of aliphatic hydroxyl groups is 6. The molecule has 0 spiro atoms. The Bertz CT molecular complexity index is 1020. The molecule has 0 unspecified atom stereocenters. The van der Waals surface area contributed by atoms with Crippen LogP contribution in [0.15, 0.2) is 11.6 Å². The first-order valence-corrected chi connectivity index (χ1v) is 16.5. The molecule has 0 aromatic heterocycles. The molecule has 240 valence electrons. The van der Waals surface area contributed by atoms with E-state index in [1.54, 1.807) is 0 Å². The summed E-state index contributed by atoms with van der Waals surface area (Å²) < 4.78 is 19.4. The quantitative estimate of drug-likeness (QED) is 0.245. The van der Waals surface area contributed by atoms with Crippen LogP contribution < -0.4 is 0 Å². The van der Waals surface area contributed by atoms with Crippen molar-refractivity contribution in [3.8, 4) is 0 Å². The van der Waals surface area contributed by atoms with Crippen molar-refractivity contribution in [2.75, 3.05) is 13.2 Å². The third kappa shape index (κ3) is 4.76. The Labute approximate surface area is 250 Å². The predicted octanol–water partition coefficient (Wildman–Crippen LogP) is 2.49. The zero-order valence-corrected chi connectivity index (χ0v) is 25.8. The first kappa shape index (κ1) is 31.4. The third-order valence-electron chi connectivity index (χ3n) is 13.2. The van der Waals surface area contributed by atoms with Gasteiger partial charge in [0.05, 0.1) is 18.8 Å². The summed E-state index contributed by atoms with van der Waals surface area (Å²) in [4.78, 5) is 0. The Hall–Kier alpha value is -0.620. The smallest absolute Gasteiger partial charge is 0.189 e. The van der Waals surface area contributed by atoms with Crippen molar-refractivity contribution in [2.45, 2.75) is 134 Å². The second kappa shape index (κ2) is 11.3. The van der Waals surface area contributed by atoms with Crippen molar-refractivity contribution in [2.24, 2.45) is 46.3 Å². The first-order chi connectivity index (χ1) is 19.9. The molecule has 2 heterocycles. The van der Waals surface area contributed by atoms with Gasteiger partial charge in [-0.1, -0.05) is 39.3 Å². The van der Waals surface area contributed by atoms with E-state index in [0.29, 0.717) is 30.6 Å². The van der Waals surface area contributed by atoms with Gasteiger partial charge in [-0.2, -0.15) is 0 Å². The van der Waals surface area contributed by atoms with Crippen molar-refractivity contribution in [1.29, 1.82) is 0 Å². The molecule has 0 bridgehead atoms. The SMILES string of the molecule is C[C@@H](CO)CC[C@]1(O[C@H]2O[C@H](CO)[C@@H](O)[C@H](O)[C@H]2O)O[C@H]2C[C@H]3[C@@H]4CC=C5C[C@@H](O)CC[C@]5(C)[C@H]4CC[C@]3(C)[C@H]2[C@@H]1C. The van der Waals surface area contributed by atoms with Crippen molar-refractivity contribution >= 4 is 0 Å². The van der Waals surface area contributed by atoms with E-state index in [1.807, 2.05) is 6.92 Å². The van der Waals surface area contributed by atoms with E-state index in [4.69, 9.17) is 14.2 Å². The number of hydrogen-bond donors (Lipinski definition) is 6. The van der Waals surface area contributed by atoms with Crippen LogP contribution in [0.5, 0.6) is 0 Å². The van der Waals surface area contributed by atoms with E-state index >= 15 is 0 Å². The molecule has 6 N–H and O–H groups in total. The fraction of sp³-hybridized carbons (Fsp3) is 0.939. The second-order valence-corrected chi connectivity index (χ2v) is 15.4. The number of aliphatic hydroxyl groups excluding tert-OH is 6. The zero-order chi connectivity index (χ0) is 30.2. The number of allylic oxidation sites excluding steroid dienone is 1. The highest BCUT2D eigenvalue weighted by atomic mass is 16.8.